The maximum atomic E-state index is 2.36. The van der Waals surface area contributed by atoms with Gasteiger partial charge in [0, 0.05) is 16.7 Å². The molecule has 1 aliphatic rings. The van der Waals surface area contributed by atoms with Crippen LogP contribution in [-0.2, 0) is 5.16 Å². The summed E-state index contributed by atoms with van der Waals surface area (Å²) in [5.41, 5.74) is 6.78. The molecule has 0 saturated carbocycles. The van der Waals surface area contributed by atoms with Crippen LogP contribution in [0.25, 0.3) is 11.1 Å². The third kappa shape index (κ3) is 4.24. The van der Waals surface area contributed by atoms with E-state index in [2.05, 4.69) is 182 Å². The van der Waals surface area contributed by atoms with E-state index in [4.69, 9.17) is 0 Å². The fourth-order valence-electron chi connectivity index (χ4n) is 6.67. The minimum absolute atomic E-state index is 0. The van der Waals surface area contributed by atoms with Gasteiger partial charge in [0.1, 0.15) is 23.2 Å². The van der Waals surface area contributed by atoms with Crippen molar-refractivity contribution in [2.75, 3.05) is 0 Å². The Kier molecular flexibility index (Phi) is 7.59. The molecule has 1 aliphatic carbocycles. The molecular formula is C39H30BrP. The molecule has 6 aromatic carbocycles. The summed E-state index contributed by atoms with van der Waals surface area (Å²) in [6.07, 6.45) is 0. The fraction of sp³-hybridized carbons (Fsp3) is 0.0256. The lowest BCUT2D eigenvalue weighted by molar-refractivity contribution is -0.00000750. The zero-order valence-electron chi connectivity index (χ0n) is 22.6. The van der Waals surface area contributed by atoms with E-state index in [0.717, 1.165) is 0 Å². The molecule has 0 fully saturated rings. The first-order chi connectivity index (χ1) is 19.9. The summed E-state index contributed by atoms with van der Waals surface area (Å²) in [7, 11) is -2.38. The van der Waals surface area contributed by atoms with Gasteiger partial charge in [-0.2, -0.15) is 0 Å². The van der Waals surface area contributed by atoms with Gasteiger partial charge >= 0.3 is 0 Å². The molecule has 41 heavy (non-hydrogen) atoms. The van der Waals surface area contributed by atoms with Gasteiger partial charge in [0.25, 0.3) is 0 Å². The Balaban J connectivity index is 0.00000302. The molecule has 0 aliphatic heterocycles. The molecule has 0 unspecified atom stereocenters. The highest BCUT2D eigenvalue weighted by Crippen LogP contribution is 2.86. The lowest BCUT2D eigenvalue weighted by Gasteiger charge is -2.38. The van der Waals surface area contributed by atoms with Crippen molar-refractivity contribution in [3.63, 3.8) is 0 Å². The van der Waals surface area contributed by atoms with Crippen LogP contribution in [0.1, 0.15) is 16.7 Å². The minimum Gasteiger partial charge on any atom is -1.00 e. The van der Waals surface area contributed by atoms with Crippen molar-refractivity contribution in [3.8, 4) is 0 Å². The molecule has 0 atom stereocenters. The second-order valence-corrected chi connectivity index (χ2v) is 13.8. The Morgan fingerprint density at radius 2 is 0.585 bits per heavy atom. The standard InChI is InChI=1S/C39H30P.BrH/c1-7-19-31(20-8-1)37-38(32-21-9-2-10-22-32)39(37,33-23-11-3-12-24-33)40(34-25-13-4-14-26-34,35-27-15-5-16-28-35)36-29-17-6-18-30-36;/h1-30H;1H/q+1;/p-1. The van der Waals surface area contributed by atoms with Crippen LogP contribution < -0.4 is 32.9 Å². The Morgan fingerprint density at radius 3 is 0.902 bits per heavy atom. The van der Waals surface area contributed by atoms with Gasteiger partial charge in [-0.15, -0.1) is 0 Å². The predicted molar refractivity (Wildman–Crippen MR) is 173 cm³/mol. The fourth-order valence-corrected chi connectivity index (χ4v) is 12.2. The van der Waals surface area contributed by atoms with Crippen molar-refractivity contribution in [1.29, 1.82) is 0 Å². The van der Waals surface area contributed by atoms with Crippen LogP contribution in [0.4, 0.5) is 0 Å². The number of hydrogen-bond donors (Lipinski definition) is 0. The van der Waals surface area contributed by atoms with Gasteiger partial charge in [0.05, 0.1) is 0 Å². The van der Waals surface area contributed by atoms with E-state index >= 15 is 0 Å². The molecule has 0 bridgehead atoms. The maximum Gasteiger partial charge on any atom is 0.170 e. The van der Waals surface area contributed by atoms with E-state index in [0.29, 0.717) is 0 Å². The summed E-state index contributed by atoms with van der Waals surface area (Å²) in [5, 5.41) is 3.81. The molecule has 7 rings (SSSR count). The molecule has 0 spiro atoms. The Labute approximate surface area is 254 Å². The van der Waals surface area contributed by atoms with Gasteiger partial charge in [-0.1, -0.05) is 146 Å². The van der Waals surface area contributed by atoms with Crippen LogP contribution >= 0.6 is 7.26 Å². The summed E-state index contributed by atoms with van der Waals surface area (Å²) in [5.74, 6) is 0. The van der Waals surface area contributed by atoms with E-state index in [1.165, 1.54) is 43.8 Å². The summed E-state index contributed by atoms with van der Waals surface area (Å²) in [4.78, 5) is 0. The predicted octanol–water partition coefficient (Wildman–Crippen LogP) is 5.50. The van der Waals surface area contributed by atoms with Gasteiger partial charge in [-0.3, -0.25) is 0 Å². The van der Waals surface area contributed by atoms with Crippen molar-refractivity contribution < 1.29 is 17.0 Å². The van der Waals surface area contributed by atoms with Crippen LogP contribution in [0, 0.1) is 0 Å². The monoisotopic (exact) mass is 608 g/mol. The van der Waals surface area contributed by atoms with E-state index in [-0.39, 0.29) is 22.1 Å². The minimum atomic E-state index is -2.38. The van der Waals surface area contributed by atoms with E-state index in [9.17, 15) is 0 Å². The largest absolute Gasteiger partial charge is 1.00 e. The summed E-state index contributed by atoms with van der Waals surface area (Å²) in [6, 6.07) is 67.2. The molecule has 0 N–H and O–H groups in total. The number of benzene rings is 6. The highest BCUT2D eigenvalue weighted by atomic mass is 79.9. The topological polar surface area (TPSA) is 0 Å². The van der Waals surface area contributed by atoms with Gasteiger partial charge in [0.15, 0.2) is 5.16 Å². The summed E-state index contributed by atoms with van der Waals surface area (Å²) in [6.45, 7) is 0. The van der Waals surface area contributed by atoms with Crippen LogP contribution in [0.5, 0.6) is 0 Å². The van der Waals surface area contributed by atoms with Crippen molar-refractivity contribution in [2.24, 2.45) is 0 Å². The number of hydrogen-bond acceptors (Lipinski definition) is 0. The third-order valence-corrected chi connectivity index (χ3v) is 13.1. The first-order valence-corrected chi connectivity index (χ1v) is 15.6. The zero-order valence-corrected chi connectivity index (χ0v) is 25.1. The first kappa shape index (κ1) is 27.2. The SMILES string of the molecule is [Br-].c1ccc(C2=C(c3ccccc3)C2(c2ccccc2)[P+](c2ccccc2)(c2ccccc2)c2ccccc2)cc1. The molecule has 198 valence electrons. The second kappa shape index (κ2) is 11.5. The molecule has 0 aromatic heterocycles. The Bertz CT molecular complexity index is 1600. The quantitative estimate of drug-likeness (QED) is 0.210. The van der Waals surface area contributed by atoms with Gasteiger partial charge in [-0.25, -0.2) is 0 Å². The molecule has 0 nitrogen and oxygen atoms in total. The molecule has 2 heteroatoms. The smallest absolute Gasteiger partial charge is 0.170 e. The summed E-state index contributed by atoms with van der Waals surface area (Å²) < 4.78 is 0. The lowest BCUT2D eigenvalue weighted by atomic mass is 10.00. The van der Waals surface area contributed by atoms with Crippen LogP contribution in [0.3, 0.4) is 0 Å². The van der Waals surface area contributed by atoms with E-state index in [1.54, 1.807) is 0 Å². The second-order valence-electron chi connectivity index (χ2n) is 10.2. The number of halogens is 1. The molecule has 0 saturated heterocycles. The molecule has 6 aromatic rings. The van der Waals surface area contributed by atoms with Crippen LogP contribution in [0.2, 0.25) is 0 Å². The van der Waals surface area contributed by atoms with Gasteiger partial charge < -0.3 is 17.0 Å². The number of rotatable bonds is 7. The highest BCUT2D eigenvalue weighted by molar-refractivity contribution is 7.97. The zero-order chi connectivity index (χ0) is 26.8. The first-order valence-electron chi connectivity index (χ1n) is 13.9. The average Bonchev–Trinajstić information content (AvgIpc) is 3.75. The number of allylic oxidation sites excluding steroid dienone is 2. The summed E-state index contributed by atoms with van der Waals surface area (Å²) >= 11 is 0. The third-order valence-electron chi connectivity index (χ3n) is 8.16. The molecule has 0 heterocycles. The van der Waals surface area contributed by atoms with Crippen LogP contribution in [0.15, 0.2) is 182 Å². The molecule has 0 amide bonds. The van der Waals surface area contributed by atoms with Gasteiger partial charge in [0.2, 0.25) is 0 Å². The highest BCUT2D eigenvalue weighted by Gasteiger charge is 2.76. The lowest BCUT2D eigenvalue weighted by Crippen LogP contribution is -3.00. The van der Waals surface area contributed by atoms with Crippen molar-refractivity contribution in [2.45, 2.75) is 5.16 Å². The van der Waals surface area contributed by atoms with Gasteiger partial charge in [-0.05, 0) is 47.5 Å². The normalized spacial score (nSPS) is 13.8. The van der Waals surface area contributed by atoms with E-state index < -0.39 is 7.26 Å². The maximum absolute atomic E-state index is 2.38. The van der Waals surface area contributed by atoms with Crippen molar-refractivity contribution in [3.05, 3.63) is 199 Å². The van der Waals surface area contributed by atoms with Crippen molar-refractivity contribution in [1.82, 2.24) is 0 Å². The molecule has 0 radical (unpaired) electrons. The Hall–Kier alpha value is -4.03. The van der Waals surface area contributed by atoms with Crippen molar-refractivity contribution >= 4 is 34.3 Å². The average molecular weight is 610 g/mol. The molecular weight excluding hydrogens is 579 g/mol. The van der Waals surface area contributed by atoms with E-state index in [1.807, 2.05) is 0 Å². The Morgan fingerprint density at radius 1 is 0.317 bits per heavy atom. The van der Waals surface area contributed by atoms with Crippen LogP contribution in [-0.4, -0.2) is 0 Å².